The Labute approximate surface area is 226 Å². The molecule has 1 N–H and O–H groups in total. The molecule has 0 atom stereocenters. The molecule has 1 aromatic heterocycles. The van der Waals surface area contributed by atoms with Gasteiger partial charge in [0.1, 0.15) is 17.3 Å². The second-order valence-electron chi connectivity index (χ2n) is 9.73. The zero-order valence-electron chi connectivity index (χ0n) is 22.6. The number of aryl methyl sites for hydroxylation is 3. The van der Waals surface area contributed by atoms with E-state index in [0.29, 0.717) is 13.0 Å². The van der Waals surface area contributed by atoms with E-state index in [1.807, 2.05) is 42.5 Å². The van der Waals surface area contributed by atoms with Crippen LogP contribution in [0.5, 0.6) is 11.5 Å². The molecule has 38 heavy (non-hydrogen) atoms. The van der Waals surface area contributed by atoms with Gasteiger partial charge < -0.3 is 19.4 Å². The van der Waals surface area contributed by atoms with E-state index >= 15 is 0 Å². The van der Waals surface area contributed by atoms with Gasteiger partial charge in [0.15, 0.2) is 0 Å². The highest BCUT2D eigenvalue weighted by molar-refractivity contribution is 5.78. The Hall–Kier alpha value is -3.80. The molecule has 200 valence electrons. The Morgan fingerprint density at radius 2 is 1.74 bits per heavy atom. The van der Waals surface area contributed by atoms with Crippen LogP contribution >= 0.6 is 0 Å². The first-order valence-corrected chi connectivity index (χ1v) is 13.7. The van der Waals surface area contributed by atoms with Crippen molar-refractivity contribution in [2.75, 3.05) is 20.3 Å². The lowest BCUT2D eigenvalue weighted by atomic mass is 10.1. The fourth-order valence-corrected chi connectivity index (χ4v) is 4.64. The second-order valence-corrected chi connectivity index (χ2v) is 9.73. The highest BCUT2D eigenvalue weighted by Crippen LogP contribution is 2.19. The quantitative estimate of drug-likeness (QED) is 0.190. The van der Waals surface area contributed by atoms with Crippen molar-refractivity contribution < 1.29 is 14.3 Å². The number of aromatic nitrogens is 2. The summed E-state index contributed by atoms with van der Waals surface area (Å²) in [4.78, 5) is 17.2. The van der Waals surface area contributed by atoms with Crippen LogP contribution in [0, 0.1) is 6.92 Å². The number of ether oxygens (including phenoxy) is 2. The van der Waals surface area contributed by atoms with E-state index in [1.54, 1.807) is 7.11 Å². The minimum Gasteiger partial charge on any atom is -0.497 e. The number of para-hydroxylation sites is 2. The van der Waals surface area contributed by atoms with E-state index in [9.17, 15) is 4.79 Å². The van der Waals surface area contributed by atoms with Crippen molar-refractivity contribution in [1.29, 1.82) is 0 Å². The molecule has 6 nitrogen and oxygen atoms in total. The van der Waals surface area contributed by atoms with Crippen molar-refractivity contribution in [3.63, 3.8) is 0 Å². The Balaban J connectivity index is 1.18. The first-order chi connectivity index (χ1) is 18.6. The van der Waals surface area contributed by atoms with Crippen molar-refractivity contribution in [3.8, 4) is 11.5 Å². The predicted molar refractivity (Wildman–Crippen MR) is 153 cm³/mol. The molecule has 1 amide bonds. The second kappa shape index (κ2) is 14.2. The number of imidazole rings is 1. The van der Waals surface area contributed by atoms with Crippen LogP contribution in [-0.2, 0) is 24.2 Å². The summed E-state index contributed by atoms with van der Waals surface area (Å²) in [7, 11) is 1.64. The summed E-state index contributed by atoms with van der Waals surface area (Å²) in [5.74, 6) is 2.95. The third-order valence-corrected chi connectivity index (χ3v) is 6.69. The number of hydrogen-bond acceptors (Lipinski definition) is 4. The van der Waals surface area contributed by atoms with Gasteiger partial charge in [0.25, 0.3) is 0 Å². The minimum absolute atomic E-state index is 0.0586. The maximum absolute atomic E-state index is 12.2. The van der Waals surface area contributed by atoms with Gasteiger partial charge in [-0.05, 0) is 80.1 Å². The summed E-state index contributed by atoms with van der Waals surface area (Å²) >= 11 is 0. The Bertz CT molecular complexity index is 1300. The fourth-order valence-electron chi connectivity index (χ4n) is 4.64. The van der Waals surface area contributed by atoms with Crippen LogP contribution in [-0.4, -0.2) is 35.7 Å². The van der Waals surface area contributed by atoms with E-state index in [1.165, 1.54) is 11.1 Å². The van der Waals surface area contributed by atoms with E-state index in [-0.39, 0.29) is 5.91 Å². The third-order valence-electron chi connectivity index (χ3n) is 6.69. The molecule has 0 aliphatic heterocycles. The maximum atomic E-state index is 12.2. The smallest absolute Gasteiger partial charge is 0.224 e. The average molecular weight is 514 g/mol. The van der Waals surface area contributed by atoms with Gasteiger partial charge in [-0.25, -0.2) is 4.98 Å². The first kappa shape index (κ1) is 27.2. The number of benzene rings is 3. The molecule has 0 unspecified atom stereocenters. The molecule has 0 aliphatic rings. The fraction of sp³-hybridized carbons (Fsp3) is 0.375. The molecule has 0 aliphatic carbocycles. The Kier molecular flexibility index (Phi) is 10.2. The van der Waals surface area contributed by atoms with Gasteiger partial charge in [-0.15, -0.1) is 0 Å². The number of nitrogens with zero attached hydrogens (tertiary/aromatic N) is 2. The maximum Gasteiger partial charge on any atom is 0.224 e. The Morgan fingerprint density at radius 1 is 0.895 bits per heavy atom. The number of carbonyl (C=O) groups is 1. The Morgan fingerprint density at radius 3 is 2.55 bits per heavy atom. The van der Waals surface area contributed by atoms with Crippen molar-refractivity contribution in [3.05, 3.63) is 89.7 Å². The molecule has 4 aromatic rings. The lowest BCUT2D eigenvalue weighted by molar-refractivity contribution is -0.120. The monoisotopic (exact) mass is 513 g/mol. The number of fused-ring (bicyclic) bond motifs is 1. The van der Waals surface area contributed by atoms with Crippen LogP contribution in [0.4, 0.5) is 0 Å². The normalized spacial score (nSPS) is 11.0. The third kappa shape index (κ3) is 8.10. The summed E-state index contributed by atoms with van der Waals surface area (Å²) in [5.41, 5.74) is 4.47. The minimum atomic E-state index is 0.0586. The van der Waals surface area contributed by atoms with E-state index in [4.69, 9.17) is 14.5 Å². The van der Waals surface area contributed by atoms with Gasteiger partial charge in [-0.2, -0.15) is 0 Å². The van der Waals surface area contributed by atoms with Gasteiger partial charge in [0.05, 0.1) is 31.2 Å². The summed E-state index contributed by atoms with van der Waals surface area (Å²) in [6.07, 6.45) is 6.43. The average Bonchev–Trinajstić information content (AvgIpc) is 3.28. The molecule has 6 heteroatoms. The summed E-state index contributed by atoms with van der Waals surface area (Å²) in [6.45, 7) is 4.44. The largest absolute Gasteiger partial charge is 0.497 e. The van der Waals surface area contributed by atoms with E-state index in [2.05, 4.69) is 47.1 Å². The molecule has 0 radical (unpaired) electrons. The van der Waals surface area contributed by atoms with Crippen LogP contribution in [0.15, 0.2) is 72.8 Å². The van der Waals surface area contributed by atoms with Gasteiger partial charge >= 0.3 is 0 Å². The number of amides is 1. The standard InChI is InChI=1S/C32H39N3O3/c1-25-11-10-12-28(23-25)38-22-9-8-21-35-30-14-6-5-13-29(30)34-31(35)15-4-3-7-20-33-32(36)24-26-16-18-27(37-2)19-17-26/h5-6,10-14,16-19,23H,3-4,7-9,15,20-22,24H2,1-2H3,(H,33,36). The van der Waals surface area contributed by atoms with Gasteiger partial charge in [0, 0.05) is 19.5 Å². The first-order valence-electron chi connectivity index (χ1n) is 13.7. The zero-order valence-corrected chi connectivity index (χ0v) is 22.6. The van der Waals surface area contributed by atoms with E-state index in [0.717, 1.165) is 80.1 Å². The SMILES string of the molecule is COc1ccc(CC(=O)NCCCCCc2nc3ccccc3n2CCCCOc2cccc(C)c2)cc1. The summed E-state index contributed by atoms with van der Waals surface area (Å²) in [6, 6.07) is 24.2. The number of unbranched alkanes of at least 4 members (excludes halogenated alkanes) is 3. The molecular weight excluding hydrogens is 474 g/mol. The van der Waals surface area contributed by atoms with Crippen molar-refractivity contribution in [1.82, 2.24) is 14.9 Å². The topological polar surface area (TPSA) is 65.4 Å². The van der Waals surface area contributed by atoms with Crippen LogP contribution in [0.1, 0.15) is 49.1 Å². The molecule has 0 fully saturated rings. The van der Waals surface area contributed by atoms with Crippen LogP contribution in [0.3, 0.4) is 0 Å². The molecular formula is C32H39N3O3. The summed E-state index contributed by atoms with van der Waals surface area (Å²) < 4.78 is 13.5. The van der Waals surface area contributed by atoms with Crippen LogP contribution in [0.25, 0.3) is 11.0 Å². The molecule has 4 rings (SSSR count). The highest BCUT2D eigenvalue weighted by Gasteiger charge is 2.10. The zero-order chi connectivity index (χ0) is 26.6. The van der Waals surface area contributed by atoms with Gasteiger partial charge in [0.2, 0.25) is 5.91 Å². The number of hydrogen-bond donors (Lipinski definition) is 1. The predicted octanol–water partition coefficient (Wildman–Crippen LogP) is 6.28. The lowest BCUT2D eigenvalue weighted by Gasteiger charge is -2.11. The van der Waals surface area contributed by atoms with E-state index < -0.39 is 0 Å². The van der Waals surface area contributed by atoms with Gasteiger partial charge in [-0.1, -0.05) is 42.8 Å². The molecule has 3 aromatic carbocycles. The lowest BCUT2D eigenvalue weighted by Crippen LogP contribution is -2.26. The summed E-state index contributed by atoms with van der Waals surface area (Å²) in [5, 5.41) is 3.04. The van der Waals surface area contributed by atoms with Crippen LogP contribution in [0.2, 0.25) is 0 Å². The number of rotatable bonds is 15. The van der Waals surface area contributed by atoms with Crippen LogP contribution < -0.4 is 14.8 Å². The molecule has 0 saturated heterocycles. The number of carbonyl (C=O) groups excluding carboxylic acids is 1. The van der Waals surface area contributed by atoms with Crippen molar-refractivity contribution in [2.24, 2.45) is 0 Å². The van der Waals surface area contributed by atoms with Gasteiger partial charge in [-0.3, -0.25) is 4.79 Å². The highest BCUT2D eigenvalue weighted by atomic mass is 16.5. The molecule has 0 saturated carbocycles. The molecule has 1 heterocycles. The number of nitrogens with one attached hydrogen (secondary N) is 1. The molecule has 0 bridgehead atoms. The van der Waals surface area contributed by atoms with Crippen molar-refractivity contribution >= 4 is 16.9 Å². The molecule has 0 spiro atoms. The number of methoxy groups -OCH3 is 1. The van der Waals surface area contributed by atoms with Crippen molar-refractivity contribution in [2.45, 2.75) is 58.4 Å².